The van der Waals surface area contributed by atoms with Gasteiger partial charge in [-0.15, -0.1) is 0 Å². The second-order valence-electron chi connectivity index (χ2n) is 3.79. The first-order chi connectivity index (χ1) is 5.18. The SMILES string of the molecule is C[C@H]1C[C@@H]1N1C[C@@H](N)CC1=O. The van der Waals surface area contributed by atoms with Crippen LogP contribution >= 0.6 is 0 Å². The molecule has 2 N–H and O–H groups in total. The van der Waals surface area contributed by atoms with Gasteiger partial charge in [0.15, 0.2) is 0 Å². The first-order valence-corrected chi connectivity index (χ1v) is 4.23. The predicted molar refractivity (Wildman–Crippen MR) is 41.9 cm³/mol. The first-order valence-electron chi connectivity index (χ1n) is 4.23. The van der Waals surface area contributed by atoms with E-state index < -0.39 is 0 Å². The van der Waals surface area contributed by atoms with E-state index in [0.717, 1.165) is 6.54 Å². The zero-order valence-electron chi connectivity index (χ0n) is 6.79. The average Bonchev–Trinajstić information content (AvgIpc) is 2.52. The first kappa shape index (κ1) is 7.10. The van der Waals surface area contributed by atoms with Crippen LogP contribution in [0.2, 0.25) is 0 Å². The molecule has 3 heteroatoms. The van der Waals surface area contributed by atoms with E-state index in [-0.39, 0.29) is 11.9 Å². The molecule has 1 aliphatic heterocycles. The van der Waals surface area contributed by atoms with Crippen LogP contribution in [0.1, 0.15) is 19.8 Å². The van der Waals surface area contributed by atoms with E-state index in [4.69, 9.17) is 5.73 Å². The Hall–Kier alpha value is -0.570. The monoisotopic (exact) mass is 154 g/mol. The van der Waals surface area contributed by atoms with Gasteiger partial charge in [0.25, 0.3) is 0 Å². The second kappa shape index (κ2) is 2.21. The van der Waals surface area contributed by atoms with Crippen LogP contribution in [0.25, 0.3) is 0 Å². The average molecular weight is 154 g/mol. The molecule has 3 nitrogen and oxygen atoms in total. The maximum atomic E-state index is 11.3. The Morgan fingerprint density at radius 2 is 2.27 bits per heavy atom. The summed E-state index contributed by atoms with van der Waals surface area (Å²) in [5.74, 6) is 0.969. The molecular formula is C8H14N2O. The fraction of sp³-hybridized carbons (Fsp3) is 0.875. The summed E-state index contributed by atoms with van der Waals surface area (Å²) in [5, 5.41) is 0. The quantitative estimate of drug-likeness (QED) is 0.576. The third-order valence-corrected chi connectivity index (χ3v) is 2.66. The molecule has 0 spiro atoms. The molecule has 0 bridgehead atoms. The highest BCUT2D eigenvalue weighted by atomic mass is 16.2. The highest BCUT2D eigenvalue weighted by molar-refractivity contribution is 5.80. The second-order valence-corrected chi connectivity index (χ2v) is 3.79. The maximum absolute atomic E-state index is 11.3. The number of carbonyl (C=O) groups is 1. The Labute approximate surface area is 66.5 Å². The summed E-state index contributed by atoms with van der Waals surface area (Å²) in [6, 6.07) is 0.617. The summed E-state index contributed by atoms with van der Waals surface area (Å²) >= 11 is 0. The summed E-state index contributed by atoms with van der Waals surface area (Å²) in [4.78, 5) is 13.2. The van der Waals surface area contributed by atoms with Crippen LogP contribution in [0.5, 0.6) is 0 Å². The highest BCUT2D eigenvalue weighted by Gasteiger charge is 2.43. The third-order valence-electron chi connectivity index (χ3n) is 2.66. The Balaban J connectivity index is 1.99. The minimum Gasteiger partial charge on any atom is -0.338 e. The molecule has 3 atom stereocenters. The van der Waals surface area contributed by atoms with Crippen LogP contribution in [-0.4, -0.2) is 29.4 Å². The topological polar surface area (TPSA) is 46.3 Å². The lowest BCUT2D eigenvalue weighted by Crippen LogP contribution is -2.30. The van der Waals surface area contributed by atoms with E-state index in [1.165, 1.54) is 6.42 Å². The van der Waals surface area contributed by atoms with Crippen LogP contribution in [0.3, 0.4) is 0 Å². The standard InChI is InChI=1S/C8H14N2O/c1-5-2-7(5)10-4-6(9)3-8(10)11/h5-7H,2-4,9H2,1H3/t5-,6-,7-/m0/s1. The fourth-order valence-corrected chi connectivity index (χ4v) is 1.82. The van der Waals surface area contributed by atoms with Crippen molar-refractivity contribution >= 4 is 5.91 Å². The molecule has 0 aromatic heterocycles. The van der Waals surface area contributed by atoms with Crippen LogP contribution in [0, 0.1) is 5.92 Å². The van der Waals surface area contributed by atoms with Gasteiger partial charge < -0.3 is 10.6 Å². The van der Waals surface area contributed by atoms with Crippen molar-refractivity contribution in [1.82, 2.24) is 4.90 Å². The lowest BCUT2D eigenvalue weighted by atomic mass is 10.3. The lowest BCUT2D eigenvalue weighted by molar-refractivity contribution is -0.128. The van der Waals surface area contributed by atoms with Crippen molar-refractivity contribution < 1.29 is 4.79 Å². The number of hydrogen-bond acceptors (Lipinski definition) is 2. The van der Waals surface area contributed by atoms with Crippen LogP contribution in [0.15, 0.2) is 0 Å². The van der Waals surface area contributed by atoms with Crippen molar-refractivity contribution in [2.24, 2.45) is 11.7 Å². The number of carbonyl (C=O) groups excluding carboxylic acids is 1. The van der Waals surface area contributed by atoms with Gasteiger partial charge in [0.2, 0.25) is 5.91 Å². The number of nitrogens with two attached hydrogens (primary N) is 1. The number of hydrogen-bond donors (Lipinski definition) is 1. The molecule has 0 aromatic rings. The molecule has 11 heavy (non-hydrogen) atoms. The number of likely N-dealkylation sites (tertiary alicyclic amines) is 1. The van der Waals surface area contributed by atoms with Crippen molar-refractivity contribution in [3.63, 3.8) is 0 Å². The summed E-state index contributed by atoms with van der Waals surface area (Å²) < 4.78 is 0. The molecule has 62 valence electrons. The minimum absolute atomic E-state index is 0.0929. The molecule has 0 aromatic carbocycles. The van der Waals surface area contributed by atoms with E-state index in [1.54, 1.807) is 0 Å². The Kier molecular flexibility index (Phi) is 1.42. The Bertz CT molecular complexity index is 193. The Morgan fingerprint density at radius 1 is 1.64 bits per heavy atom. The molecule has 2 aliphatic rings. The summed E-state index contributed by atoms with van der Waals surface area (Å²) in [6.45, 7) is 2.97. The van der Waals surface area contributed by atoms with Gasteiger partial charge in [-0.1, -0.05) is 6.92 Å². The van der Waals surface area contributed by atoms with Gasteiger partial charge in [-0.05, 0) is 12.3 Å². The predicted octanol–water partition coefficient (Wildman–Crippen LogP) is -0.0456. The zero-order valence-corrected chi connectivity index (χ0v) is 6.79. The molecule has 1 saturated carbocycles. The van der Waals surface area contributed by atoms with Crippen molar-refractivity contribution in [2.75, 3.05) is 6.54 Å². The maximum Gasteiger partial charge on any atom is 0.224 e. The highest BCUT2D eigenvalue weighted by Crippen LogP contribution is 2.36. The molecule has 0 unspecified atom stereocenters. The van der Waals surface area contributed by atoms with E-state index >= 15 is 0 Å². The van der Waals surface area contributed by atoms with Gasteiger partial charge in [0.05, 0.1) is 0 Å². The zero-order chi connectivity index (χ0) is 8.01. The van der Waals surface area contributed by atoms with Gasteiger partial charge >= 0.3 is 0 Å². The molecule has 2 fully saturated rings. The lowest BCUT2D eigenvalue weighted by Gasteiger charge is -2.14. The largest absolute Gasteiger partial charge is 0.338 e. The van der Waals surface area contributed by atoms with E-state index in [1.807, 2.05) is 4.90 Å². The third kappa shape index (κ3) is 1.13. The van der Waals surface area contributed by atoms with Crippen LogP contribution in [-0.2, 0) is 4.79 Å². The van der Waals surface area contributed by atoms with Crippen molar-refractivity contribution in [3.8, 4) is 0 Å². The summed E-state index contributed by atoms with van der Waals surface area (Å²) in [6.07, 6.45) is 1.74. The Morgan fingerprint density at radius 3 is 2.64 bits per heavy atom. The van der Waals surface area contributed by atoms with E-state index in [0.29, 0.717) is 18.4 Å². The fourth-order valence-electron chi connectivity index (χ4n) is 1.82. The van der Waals surface area contributed by atoms with Crippen LogP contribution < -0.4 is 5.73 Å². The smallest absolute Gasteiger partial charge is 0.224 e. The van der Waals surface area contributed by atoms with Gasteiger partial charge in [0, 0.05) is 25.0 Å². The number of amides is 1. The van der Waals surface area contributed by atoms with Crippen molar-refractivity contribution in [2.45, 2.75) is 31.8 Å². The van der Waals surface area contributed by atoms with E-state index in [9.17, 15) is 4.79 Å². The van der Waals surface area contributed by atoms with E-state index in [2.05, 4.69) is 6.92 Å². The molecule has 0 radical (unpaired) electrons. The summed E-state index contributed by atoms with van der Waals surface area (Å²) in [5.41, 5.74) is 5.66. The van der Waals surface area contributed by atoms with Crippen molar-refractivity contribution in [1.29, 1.82) is 0 Å². The van der Waals surface area contributed by atoms with Gasteiger partial charge in [-0.2, -0.15) is 0 Å². The van der Waals surface area contributed by atoms with Gasteiger partial charge in [-0.3, -0.25) is 4.79 Å². The normalized spacial score (nSPS) is 43.3. The minimum atomic E-state index is 0.0929. The molecular weight excluding hydrogens is 140 g/mol. The number of nitrogens with zero attached hydrogens (tertiary/aromatic N) is 1. The molecule has 1 heterocycles. The molecule has 1 saturated heterocycles. The summed E-state index contributed by atoms with van der Waals surface area (Å²) in [7, 11) is 0. The van der Waals surface area contributed by atoms with Crippen molar-refractivity contribution in [3.05, 3.63) is 0 Å². The molecule has 2 rings (SSSR count). The van der Waals surface area contributed by atoms with Gasteiger partial charge in [0.1, 0.15) is 0 Å². The van der Waals surface area contributed by atoms with Gasteiger partial charge in [-0.25, -0.2) is 0 Å². The number of rotatable bonds is 1. The molecule has 1 aliphatic carbocycles. The van der Waals surface area contributed by atoms with Crippen LogP contribution in [0.4, 0.5) is 0 Å². The molecule has 1 amide bonds.